The van der Waals surface area contributed by atoms with Gasteiger partial charge in [-0.1, -0.05) is 0 Å². The fourth-order valence-electron chi connectivity index (χ4n) is 1.99. The number of hydrogen-bond acceptors (Lipinski definition) is 6. The van der Waals surface area contributed by atoms with Crippen molar-refractivity contribution in [1.29, 1.82) is 0 Å². The molecule has 0 unspecified atom stereocenters. The molecule has 0 aromatic carbocycles. The Morgan fingerprint density at radius 1 is 1.25 bits per heavy atom. The van der Waals surface area contributed by atoms with Gasteiger partial charge in [0.2, 0.25) is 0 Å². The molecule has 1 rings (SSSR count). The molecule has 0 bridgehead atoms. The third-order valence-corrected chi connectivity index (χ3v) is 4.52. The Balaban J connectivity index is 2.96. The van der Waals surface area contributed by atoms with Crippen LogP contribution in [-0.2, 0) is 24.1 Å². The largest absolute Gasteiger partial charge is 0.467 e. The number of carbonyl (C=O) groups excluding carboxylic acids is 2. The van der Waals surface area contributed by atoms with E-state index in [1.54, 1.807) is 20.8 Å². The molecule has 2 atom stereocenters. The minimum Gasteiger partial charge on any atom is -0.467 e. The van der Waals surface area contributed by atoms with Crippen LogP contribution in [0.4, 0.5) is 4.79 Å². The average molecular weight is 307 g/mol. The summed E-state index contributed by atoms with van der Waals surface area (Å²) in [6.45, 7) is 5.03. The van der Waals surface area contributed by atoms with Crippen molar-refractivity contribution in [3.05, 3.63) is 0 Å². The van der Waals surface area contributed by atoms with Crippen molar-refractivity contribution in [1.82, 2.24) is 4.90 Å². The fourth-order valence-corrected chi connectivity index (χ4v) is 2.95. The van der Waals surface area contributed by atoms with E-state index in [4.69, 9.17) is 4.74 Å². The van der Waals surface area contributed by atoms with Gasteiger partial charge in [0.05, 0.1) is 12.4 Å². The van der Waals surface area contributed by atoms with Crippen LogP contribution in [0.15, 0.2) is 0 Å². The van der Waals surface area contributed by atoms with Crippen LogP contribution in [0.3, 0.4) is 0 Å². The SMILES string of the molecule is COC(=O)[C@@H]1C[C@@H](S(C)(=O)=O)CN1C(=O)OC(C)(C)C. The smallest absolute Gasteiger partial charge is 0.411 e. The normalized spacial score (nSPS) is 23.6. The maximum absolute atomic E-state index is 12.1. The summed E-state index contributed by atoms with van der Waals surface area (Å²) in [6.07, 6.45) is 0.411. The Morgan fingerprint density at radius 3 is 2.20 bits per heavy atom. The van der Waals surface area contributed by atoms with E-state index in [2.05, 4.69) is 4.74 Å². The molecular weight excluding hydrogens is 286 g/mol. The molecule has 1 saturated heterocycles. The first kappa shape index (κ1) is 16.7. The Kier molecular flexibility index (Phi) is 4.68. The molecule has 8 heteroatoms. The third kappa shape index (κ3) is 4.09. The van der Waals surface area contributed by atoms with Gasteiger partial charge >= 0.3 is 12.1 Å². The molecule has 1 fully saturated rings. The monoisotopic (exact) mass is 307 g/mol. The number of ether oxygens (including phenoxy) is 2. The molecule has 1 aliphatic heterocycles. The van der Waals surface area contributed by atoms with Crippen molar-refractivity contribution in [2.45, 2.75) is 44.1 Å². The molecule has 0 saturated carbocycles. The van der Waals surface area contributed by atoms with Crippen LogP contribution in [0.1, 0.15) is 27.2 Å². The number of amides is 1. The number of sulfone groups is 1. The first-order chi connectivity index (χ1) is 8.95. The maximum Gasteiger partial charge on any atom is 0.411 e. The first-order valence-corrected chi connectivity index (χ1v) is 8.17. The number of esters is 1. The van der Waals surface area contributed by atoms with Gasteiger partial charge in [-0.25, -0.2) is 18.0 Å². The molecule has 7 nitrogen and oxygen atoms in total. The Morgan fingerprint density at radius 2 is 1.80 bits per heavy atom. The summed E-state index contributed by atoms with van der Waals surface area (Å²) in [4.78, 5) is 24.9. The number of rotatable bonds is 2. The van der Waals surface area contributed by atoms with Gasteiger partial charge in [-0.05, 0) is 27.2 Å². The molecule has 1 heterocycles. The van der Waals surface area contributed by atoms with E-state index in [1.807, 2.05) is 0 Å². The lowest BCUT2D eigenvalue weighted by Crippen LogP contribution is -2.44. The summed E-state index contributed by atoms with van der Waals surface area (Å²) in [5.41, 5.74) is -0.721. The van der Waals surface area contributed by atoms with Gasteiger partial charge in [-0.2, -0.15) is 0 Å². The number of nitrogens with zero attached hydrogens (tertiary/aromatic N) is 1. The van der Waals surface area contributed by atoms with Crippen LogP contribution in [0.5, 0.6) is 0 Å². The maximum atomic E-state index is 12.1. The average Bonchev–Trinajstić information content (AvgIpc) is 2.69. The van der Waals surface area contributed by atoms with Gasteiger partial charge < -0.3 is 9.47 Å². The van der Waals surface area contributed by atoms with Crippen molar-refractivity contribution in [2.24, 2.45) is 0 Å². The van der Waals surface area contributed by atoms with Crippen LogP contribution >= 0.6 is 0 Å². The molecule has 1 amide bonds. The lowest BCUT2D eigenvalue weighted by molar-refractivity contribution is -0.145. The molecule has 0 spiro atoms. The van der Waals surface area contributed by atoms with Crippen LogP contribution in [0.25, 0.3) is 0 Å². The molecule has 0 aliphatic carbocycles. The topological polar surface area (TPSA) is 90.0 Å². The summed E-state index contributed by atoms with van der Waals surface area (Å²) in [5, 5.41) is -0.779. The van der Waals surface area contributed by atoms with Crippen molar-refractivity contribution >= 4 is 21.9 Å². The van der Waals surface area contributed by atoms with E-state index in [-0.39, 0.29) is 13.0 Å². The summed E-state index contributed by atoms with van der Waals surface area (Å²) in [5.74, 6) is -0.637. The van der Waals surface area contributed by atoms with E-state index in [9.17, 15) is 18.0 Å². The highest BCUT2D eigenvalue weighted by atomic mass is 32.2. The molecule has 1 aliphatic rings. The second-order valence-electron chi connectivity index (χ2n) is 5.86. The molecule has 0 N–H and O–H groups in total. The van der Waals surface area contributed by atoms with Gasteiger partial charge in [-0.3, -0.25) is 4.90 Å². The highest BCUT2D eigenvalue weighted by Crippen LogP contribution is 2.26. The second-order valence-corrected chi connectivity index (χ2v) is 8.18. The van der Waals surface area contributed by atoms with Crippen LogP contribution in [-0.4, -0.2) is 62.2 Å². The Labute approximate surface area is 119 Å². The predicted molar refractivity (Wildman–Crippen MR) is 72.0 cm³/mol. The zero-order chi connectivity index (χ0) is 15.7. The Hall–Kier alpha value is -1.31. The Bertz CT molecular complexity index is 493. The third-order valence-electron chi connectivity index (χ3n) is 2.97. The molecule has 116 valence electrons. The van der Waals surface area contributed by atoms with E-state index >= 15 is 0 Å². The van der Waals surface area contributed by atoms with Crippen molar-refractivity contribution in [3.8, 4) is 0 Å². The summed E-state index contributed by atoms with van der Waals surface area (Å²) >= 11 is 0. The van der Waals surface area contributed by atoms with E-state index in [0.29, 0.717) is 0 Å². The number of carbonyl (C=O) groups is 2. The predicted octanol–water partition coefficient (Wildman–Crippen LogP) is 0.582. The number of hydrogen-bond donors (Lipinski definition) is 0. The number of likely N-dealkylation sites (tertiary alicyclic amines) is 1. The van der Waals surface area contributed by atoms with E-state index in [0.717, 1.165) is 11.2 Å². The van der Waals surface area contributed by atoms with Crippen molar-refractivity contribution < 1.29 is 27.5 Å². The lowest BCUT2D eigenvalue weighted by Gasteiger charge is -2.27. The minimum atomic E-state index is -3.34. The standard InChI is InChI=1S/C12H21NO6S/c1-12(2,3)19-11(15)13-7-8(20(5,16)17)6-9(13)10(14)18-4/h8-9H,6-7H2,1-5H3/t8-,9+/m1/s1. The first-order valence-electron chi connectivity index (χ1n) is 6.22. The summed E-state index contributed by atoms with van der Waals surface area (Å²) in [6, 6.07) is -0.922. The summed E-state index contributed by atoms with van der Waals surface area (Å²) < 4.78 is 33.0. The van der Waals surface area contributed by atoms with Crippen LogP contribution < -0.4 is 0 Å². The zero-order valence-electron chi connectivity index (χ0n) is 12.4. The molecule has 20 heavy (non-hydrogen) atoms. The molecular formula is C12H21NO6S. The van der Waals surface area contributed by atoms with E-state index in [1.165, 1.54) is 7.11 Å². The zero-order valence-corrected chi connectivity index (χ0v) is 13.2. The highest BCUT2D eigenvalue weighted by Gasteiger charge is 2.45. The quantitative estimate of drug-likeness (QED) is 0.693. The van der Waals surface area contributed by atoms with Gasteiger partial charge in [0, 0.05) is 12.8 Å². The molecule has 0 aromatic heterocycles. The van der Waals surface area contributed by atoms with Crippen LogP contribution in [0.2, 0.25) is 0 Å². The second kappa shape index (κ2) is 5.59. The van der Waals surface area contributed by atoms with Crippen LogP contribution in [0, 0.1) is 0 Å². The van der Waals surface area contributed by atoms with Gasteiger partial charge in [0.25, 0.3) is 0 Å². The van der Waals surface area contributed by atoms with E-state index < -0.39 is 38.8 Å². The van der Waals surface area contributed by atoms with Gasteiger partial charge in [0.15, 0.2) is 9.84 Å². The molecule has 0 radical (unpaired) electrons. The van der Waals surface area contributed by atoms with Gasteiger partial charge in [0.1, 0.15) is 11.6 Å². The highest BCUT2D eigenvalue weighted by molar-refractivity contribution is 7.91. The molecule has 0 aromatic rings. The van der Waals surface area contributed by atoms with Crippen molar-refractivity contribution in [2.75, 3.05) is 19.9 Å². The lowest BCUT2D eigenvalue weighted by atomic mass is 10.2. The fraction of sp³-hybridized carbons (Fsp3) is 0.833. The minimum absolute atomic E-state index is 0.0325. The summed E-state index contributed by atoms with van der Waals surface area (Å²) in [7, 11) is -2.15. The van der Waals surface area contributed by atoms with Gasteiger partial charge in [-0.15, -0.1) is 0 Å². The van der Waals surface area contributed by atoms with Crippen molar-refractivity contribution in [3.63, 3.8) is 0 Å². The number of methoxy groups -OCH3 is 1.